The lowest BCUT2D eigenvalue weighted by Crippen LogP contribution is -2.35. The van der Waals surface area contributed by atoms with Crippen LogP contribution in [-0.2, 0) is 16.6 Å². The van der Waals surface area contributed by atoms with Gasteiger partial charge in [0.1, 0.15) is 11.5 Å². The van der Waals surface area contributed by atoms with E-state index >= 15 is 0 Å². The first kappa shape index (κ1) is 21.5. The first-order valence-electron chi connectivity index (χ1n) is 10.1. The monoisotopic (exact) mass is 418 g/mol. The van der Waals surface area contributed by atoms with E-state index in [1.54, 1.807) is 29.6 Å². The van der Waals surface area contributed by atoms with Crippen LogP contribution < -0.4 is 14.8 Å². The van der Waals surface area contributed by atoms with Crippen LogP contribution in [-0.4, -0.2) is 39.0 Å². The van der Waals surface area contributed by atoms with Crippen molar-refractivity contribution in [2.75, 3.05) is 25.5 Å². The summed E-state index contributed by atoms with van der Waals surface area (Å²) < 4.78 is 38.9. The number of anilines is 1. The fraction of sp³-hybridized carbons (Fsp3) is 0.455. The maximum Gasteiger partial charge on any atom is 0.243 e. The minimum atomic E-state index is -3.51. The number of piperidine rings is 1. The van der Waals surface area contributed by atoms with E-state index in [-0.39, 0.29) is 6.10 Å². The third-order valence-electron chi connectivity index (χ3n) is 4.88. The number of benzene rings is 2. The average molecular weight is 419 g/mol. The summed E-state index contributed by atoms with van der Waals surface area (Å²) in [5.41, 5.74) is 1.70. The van der Waals surface area contributed by atoms with E-state index in [0.717, 1.165) is 30.6 Å². The highest BCUT2D eigenvalue weighted by Gasteiger charge is 2.26. The van der Waals surface area contributed by atoms with Crippen LogP contribution >= 0.6 is 0 Å². The number of methoxy groups -OCH3 is 1. The Morgan fingerprint density at radius 2 is 1.83 bits per heavy atom. The molecule has 1 aliphatic rings. The number of hydrogen-bond donors (Lipinski definition) is 1. The Hall–Kier alpha value is -2.25. The number of hydrogen-bond acceptors (Lipinski definition) is 5. The average Bonchev–Trinajstić information content (AvgIpc) is 2.73. The van der Waals surface area contributed by atoms with Crippen molar-refractivity contribution < 1.29 is 17.9 Å². The van der Waals surface area contributed by atoms with E-state index in [1.807, 2.05) is 38.1 Å². The van der Waals surface area contributed by atoms with Crippen LogP contribution in [0.5, 0.6) is 11.5 Å². The largest absolute Gasteiger partial charge is 0.497 e. The first-order chi connectivity index (χ1) is 13.9. The van der Waals surface area contributed by atoms with Gasteiger partial charge in [-0.3, -0.25) is 0 Å². The topological polar surface area (TPSA) is 67.9 Å². The summed E-state index contributed by atoms with van der Waals surface area (Å²) in [5.74, 6) is 1.42. The van der Waals surface area contributed by atoms with Gasteiger partial charge in [0.25, 0.3) is 0 Å². The highest BCUT2D eigenvalue weighted by molar-refractivity contribution is 7.89. The predicted octanol–water partition coefficient (Wildman–Crippen LogP) is 4.27. The van der Waals surface area contributed by atoms with Crippen LogP contribution in [0.4, 0.5) is 5.69 Å². The molecule has 1 saturated heterocycles. The molecule has 0 bridgehead atoms. The molecular formula is C22H30N2O4S. The minimum absolute atomic E-state index is 0.0167. The zero-order chi connectivity index (χ0) is 20.9. The second-order valence-electron chi connectivity index (χ2n) is 7.49. The van der Waals surface area contributed by atoms with Gasteiger partial charge in [-0.1, -0.05) is 18.6 Å². The molecule has 0 amide bonds. The smallest absolute Gasteiger partial charge is 0.243 e. The second kappa shape index (κ2) is 9.50. The Kier molecular flexibility index (Phi) is 7.03. The summed E-state index contributed by atoms with van der Waals surface area (Å²) in [7, 11) is -1.87. The Bertz CT molecular complexity index is 922. The van der Waals surface area contributed by atoms with Crippen molar-refractivity contribution in [1.82, 2.24) is 4.31 Å². The zero-order valence-electron chi connectivity index (χ0n) is 17.3. The van der Waals surface area contributed by atoms with Crippen LogP contribution in [0, 0.1) is 0 Å². The van der Waals surface area contributed by atoms with E-state index in [9.17, 15) is 8.42 Å². The number of nitrogens with zero attached hydrogens (tertiary/aromatic N) is 1. The van der Waals surface area contributed by atoms with E-state index < -0.39 is 10.0 Å². The molecule has 29 heavy (non-hydrogen) atoms. The molecule has 0 aromatic heterocycles. The lowest BCUT2D eigenvalue weighted by atomic mass is 10.2. The highest BCUT2D eigenvalue weighted by Crippen LogP contribution is 2.31. The fourth-order valence-corrected chi connectivity index (χ4v) is 4.94. The molecule has 1 heterocycles. The van der Waals surface area contributed by atoms with E-state index in [0.29, 0.717) is 36.0 Å². The highest BCUT2D eigenvalue weighted by atomic mass is 32.2. The number of rotatable bonds is 8. The van der Waals surface area contributed by atoms with E-state index in [1.165, 1.54) is 0 Å². The van der Waals surface area contributed by atoms with E-state index in [2.05, 4.69) is 5.32 Å². The van der Waals surface area contributed by atoms with Gasteiger partial charge in [-0.25, -0.2) is 8.42 Å². The molecule has 2 aromatic carbocycles. The molecule has 0 unspecified atom stereocenters. The number of ether oxygens (including phenoxy) is 2. The molecule has 3 rings (SSSR count). The molecular weight excluding hydrogens is 388 g/mol. The number of nitrogens with one attached hydrogen (secondary N) is 1. The van der Waals surface area contributed by atoms with Crippen molar-refractivity contribution in [3.8, 4) is 11.5 Å². The van der Waals surface area contributed by atoms with Crippen LogP contribution in [0.3, 0.4) is 0 Å². The molecule has 158 valence electrons. The van der Waals surface area contributed by atoms with Gasteiger partial charge in [0.2, 0.25) is 10.0 Å². The molecule has 2 aromatic rings. The lowest BCUT2D eigenvalue weighted by molar-refractivity contribution is 0.243. The van der Waals surface area contributed by atoms with Crippen LogP contribution in [0.1, 0.15) is 38.7 Å². The Morgan fingerprint density at radius 3 is 2.52 bits per heavy atom. The summed E-state index contributed by atoms with van der Waals surface area (Å²) in [5, 5.41) is 3.34. The molecule has 6 nitrogen and oxygen atoms in total. The van der Waals surface area contributed by atoms with Gasteiger partial charge in [0.15, 0.2) is 0 Å². The maximum absolute atomic E-state index is 13.1. The zero-order valence-corrected chi connectivity index (χ0v) is 18.2. The van der Waals surface area contributed by atoms with Crippen LogP contribution in [0.2, 0.25) is 0 Å². The molecule has 1 N–H and O–H groups in total. The van der Waals surface area contributed by atoms with Gasteiger partial charge < -0.3 is 14.8 Å². The molecule has 1 aliphatic heterocycles. The molecule has 0 atom stereocenters. The molecule has 0 aliphatic carbocycles. The third kappa shape index (κ3) is 5.42. The molecule has 7 heteroatoms. The van der Waals surface area contributed by atoms with Crippen molar-refractivity contribution in [3.63, 3.8) is 0 Å². The predicted molar refractivity (Wildman–Crippen MR) is 115 cm³/mol. The SMILES string of the molecule is COc1cccc(CNc2cc(S(=O)(=O)N3CCCCC3)ccc2OC(C)C)c1. The fourth-order valence-electron chi connectivity index (χ4n) is 3.40. The van der Waals surface area contributed by atoms with Gasteiger partial charge in [-0.15, -0.1) is 0 Å². The summed E-state index contributed by atoms with van der Waals surface area (Å²) in [6.45, 7) is 5.59. The first-order valence-corrected chi connectivity index (χ1v) is 11.5. The summed E-state index contributed by atoms with van der Waals surface area (Å²) in [6, 6.07) is 12.8. The molecule has 1 fully saturated rings. The summed E-state index contributed by atoms with van der Waals surface area (Å²) in [6.07, 6.45) is 2.89. The van der Waals surface area contributed by atoms with E-state index in [4.69, 9.17) is 9.47 Å². The van der Waals surface area contributed by atoms with Gasteiger partial charge in [-0.05, 0) is 62.6 Å². The summed E-state index contributed by atoms with van der Waals surface area (Å²) >= 11 is 0. The summed E-state index contributed by atoms with van der Waals surface area (Å²) in [4.78, 5) is 0.295. The van der Waals surface area contributed by atoms with Gasteiger partial charge >= 0.3 is 0 Å². The van der Waals surface area contributed by atoms with Crippen molar-refractivity contribution in [2.24, 2.45) is 0 Å². The van der Waals surface area contributed by atoms with Crippen LogP contribution in [0.25, 0.3) is 0 Å². The van der Waals surface area contributed by atoms with Gasteiger partial charge in [0.05, 0.1) is 23.8 Å². The Balaban J connectivity index is 1.87. The number of sulfonamides is 1. The van der Waals surface area contributed by atoms with Crippen molar-refractivity contribution in [1.29, 1.82) is 0 Å². The quantitative estimate of drug-likeness (QED) is 0.693. The lowest BCUT2D eigenvalue weighted by Gasteiger charge is -2.26. The molecule has 0 radical (unpaired) electrons. The normalized spacial score (nSPS) is 15.3. The molecule has 0 saturated carbocycles. The van der Waals surface area contributed by atoms with Crippen molar-refractivity contribution in [2.45, 2.75) is 50.7 Å². The minimum Gasteiger partial charge on any atom is -0.497 e. The van der Waals surface area contributed by atoms with Gasteiger partial charge in [-0.2, -0.15) is 4.31 Å². The van der Waals surface area contributed by atoms with Gasteiger partial charge in [0, 0.05) is 19.6 Å². The standard InChI is InChI=1S/C22H30N2O4S/c1-17(2)28-22-11-10-20(29(25,26)24-12-5-4-6-13-24)15-21(22)23-16-18-8-7-9-19(14-18)27-3/h7-11,14-15,17,23H,4-6,12-13,16H2,1-3H3. The third-order valence-corrected chi connectivity index (χ3v) is 6.78. The van der Waals surface area contributed by atoms with Crippen LogP contribution in [0.15, 0.2) is 47.4 Å². The Morgan fingerprint density at radius 1 is 1.07 bits per heavy atom. The van der Waals surface area contributed by atoms with Crippen molar-refractivity contribution in [3.05, 3.63) is 48.0 Å². The maximum atomic E-state index is 13.1. The Labute approximate surface area is 173 Å². The molecule has 0 spiro atoms. The van der Waals surface area contributed by atoms with Crippen molar-refractivity contribution >= 4 is 15.7 Å². The second-order valence-corrected chi connectivity index (χ2v) is 9.43.